The van der Waals surface area contributed by atoms with E-state index in [0.29, 0.717) is 12.1 Å². The van der Waals surface area contributed by atoms with Crippen molar-refractivity contribution < 1.29 is 10.0 Å². The van der Waals surface area contributed by atoms with Crippen molar-refractivity contribution in [3.05, 3.63) is 70.0 Å². The molecule has 2 rings (SSSR count). The van der Waals surface area contributed by atoms with Crippen molar-refractivity contribution in [2.24, 2.45) is 0 Å². The lowest BCUT2D eigenvalue weighted by Crippen LogP contribution is -2.24. The number of aliphatic hydroxyl groups is 1. The van der Waals surface area contributed by atoms with Crippen LogP contribution >= 0.6 is 0 Å². The topological polar surface area (TPSA) is 88.3 Å². The highest BCUT2D eigenvalue weighted by molar-refractivity contribution is 5.33. The molecule has 0 fully saturated rings. The molecule has 0 saturated carbocycles. The molecule has 0 radical (unpaired) electrons. The monoisotopic (exact) mass is 287 g/mol. The minimum Gasteiger partial charge on any atom is -0.387 e. The van der Waals surface area contributed by atoms with Crippen LogP contribution < -0.4 is 5.32 Å². The molecular weight excluding hydrogens is 270 g/mol. The van der Waals surface area contributed by atoms with Crippen molar-refractivity contribution in [3.63, 3.8) is 0 Å². The van der Waals surface area contributed by atoms with E-state index in [9.17, 15) is 15.2 Å². The molecule has 21 heavy (non-hydrogen) atoms. The summed E-state index contributed by atoms with van der Waals surface area (Å²) >= 11 is 0. The van der Waals surface area contributed by atoms with Crippen LogP contribution in [-0.4, -0.2) is 21.6 Å². The van der Waals surface area contributed by atoms with E-state index < -0.39 is 11.0 Å². The quantitative estimate of drug-likeness (QED) is 0.629. The Balaban J connectivity index is 1.92. The van der Waals surface area contributed by atoms with Crippen LogP contribution in [0.1, 0.15) is 30.2 Å². The summed E-state index contributed by atoms with van der Waals surface area (Å²) in [4.78, 5) is 14.1. The van der Waals surface area contributed by atoms with Crippen LogP contribution in [0.4, 0.5) is 5.69 Å². The standard InChI is InChI=1S/C15H17N3O3/c1-11(12-6-8-16-9-7-12)17-10-15(19)13-2-4-14(5-3-13)18(20)21/h2-9,11,15,17,19H,10H2,1H3/t11-,15?/m1/s1. The highest BCUT2D eigenvalue weighted by Crippen LogP contribution is 2.18. The molecule has 6 nitrogen and oxygen atoms in total. The summed E-state index contributed by atoms with van der Waals surface area (Å²) in [7, 11) is 0. The average molecular weight is 287 g/mol. The Bertz CT molecular complexity index is 587. The van der Waals surface area contributed by atoms with E-state index in [1.807, 2.05) is 19.1 Å². The van der Waals surface area contributed by atoms with Gasteiger partial charge in [-0.05, 0) is 42.3 Å². The third-order valence-corrected chi connectivity index (χ3v) is 3.31. The normalized spacial score (nSPS) is 13.6. The Kier molecular flexibility index (Phi) is 4.97. The van der Waals surface area contributed by atoms with Crippen LogP contribution in [0, 0.1) is 10.1 Å². The number of nitrogens with zero attached hydrogens (tertiary/aromatic N) is 2. The van der Waals surface area contributed by atoms with Crippen LogP contribution in [-0.2, 0) is 0 Å². The fraction of sp³-hybridized carbons (Fsp3) is 0.267. The first kappa shape index (κ1) is 15.1. The first-order valence-corrected chi connectivity index (χ1v) is 6.63. The molecule has 2 N–H and O–H groups in total. The van der Waals surface area contributed by atoms with Gasteiger partial charge in [0.1, 0.15) is 0 Å². The zero-order valence-corrected chi connectivity index (χ0v) is 11.6. The van der Waals surface area contributed by atoms with Crippen LogP contribution in [0.15, 0.2) is 48.8 Å². The van der Waals surface area contributed by atoms with Gasteiger partial charge in [-0.15, -0.1) is 0 Å². The Morgan fingerprint density at radius 3 is 2.38 bits per heavy atom. The van der Waals surface area contributed by atoms with E-state index in [0.717, 1.165) is 5.56 Å². The molecule has 0 aliphatic heterocycles. The van der Waals surface area contributed by atoms with E-state index in [1.54, 1.807) is 24.5 Å². The molecule has 0 saturated heterocycles. The van der Waals surface area contributed by atoms with Crippen LogP contribution in [0.5, 0.6) is 0 Å². The van der Waals surface area contributed by atoms with Crippen molar-refractivity contribution in [2.75, 3.05) is 6.54 Å². The van der Waals surface area contributed by atoms with Crippen molar-refractivity contribution in [1.29, 1.82) is 0 Å². The highest BCUT2D eigenvalue weighted by atomic mass is 16.6. The maximum absolute atomic E-state index is 10.6. The molecule has 0 aliphatic carbocycles. The Morgan fingerprint density at radius 2 is 1.81 bits per heavy atom. The second kappa shape index (κ2) is 6.92. The summed E-state index contributed by atoms with van der Waals surface area (Å²) in [5.74, 6) is 0. The number of benzene rings is 1. The summed E-state index contributed by atoms with van der Waals surface area (Å²) in [6.07, 6.45) is 2.73. The summed E-state index contributed by atoms with van der Waals surface area (Å²) < 4.78 is 0. The predicted octanol–water partition coefficient (Wildman–Crippen LogP) is 2.37. The number of nitro benzene ring substituents is 1. The molecule has 2 atom stereocenters. The molecular formula is C15H17N3O3. The summed E-state index contributed by atoms with van der Waals surface area (Å²) in [5.41, 5.74) is 1.75. The number of hydrogen-bond acceptors (Lipinski definition) is 5. The van der Waals surface area contributed by atoms with Crippen molar-refractivity contribution >= 4 is 5.69 Å². The second-order valence-corrected chi connectivity index (χ2v) is 4.77. The van der Waals surface area contributed by atoms with E-state index in [4.69, 9.17) is 0 Å². The van der Waals surface area contributed by atoms with E-state index in [-0.39, 0.29) is 11.7 Å². The number of hydrogen-bond donors (Lipinski definition) is 2. The van der Waals surface area contributed by atoms with Gasteiger partial charge in [0.2, 0.25) is 0 Å². The number of nitro groups is 1. The third-order valence-electron chi connectivity index (χ3n) is 3.31. The number of aliphatic hydroxyl groups excluding tert-OH is 1. The first-order valence-electron chi connectivity index (χ1n) is 6.63. The van der Waals surface area contributed by atoms with Gasteiger partial charge >= 0.3 is 0 Å². The van der Waals surface area contributed by atoms with Crippen LogP contribution in [0.3, 0.4) is 0 Å². The van der Waals surface area contributed by atoms with Crippen molar-refractivity contribution in [1.82, 2.24) is 10.3 Å². The van der Waals surface area contributed by atoms with Gasteiger partial charge in [0.25, 0.3) is 5.69 Å². The molecule has 6 heteroatoms. The minimum atomic E-state index is -0.713. The van der Waals surface area contributed by atoms with Crippen LogP contribution in [0.2, 0.25) is 0 Å². The lowest BCUT2D eigenvalue weighted by atomic mass is 10.1. The fourth-order valence-corrected chi connectivity index (χ4v) is 1.99. The molecule has 0 bridgehead atoms. The molecule has 1 aromatic carbocycles. The maximum atomic E-state index is 10.6. The number of aromatic nitrogens is 1. The Morgan fingerprint density at radius 1 is 1.19 bits per heavy atom. The van der Waals surface area contributed by atoms with E-state index in [1.165, 1.54) is 12.1 Å². The van der Waals surface area contributed by atoms with E-state index >= 15 is 0 Å². The van der Waals surface area contributed by atoms with Crippen molar-refractivity contribution in [2.45, 2.75) is 19.1 Å². The third kappa shape index (κ3) is 4.08. The highest BCUT2D eigenvalue weighted by Gasteiger charge is 2.12. The number of rotatable bonds is 6. The first-order chi connectivity index (χ1) is 10.1. The second-order valence-electron chi connectivity index (χ2n) is 4.77. The lowest BCUT2D eigenvalue weighted by molar-refractivity contribution is -0.384. The maximum Gasteiger partial charge on any atom is 0.269 e. The van der Waals surface area contributed by atoms with Gasteiger partial charge in [-0.2, -0.15) is 0 Å². The van der Waals surface area contributed by atoms with Gasteiger partial charge in [-0.1, -0.05) is 0 Å². The lowest BCUT2D eigenvalue weighted by Gasteiger charge is -2.17. The minimum absolute atomic E-state index is 0.0177. The van der Waals surface area contributed by atoms with E-state index in [2.05, 4.69) is 10.3 Å². The number of nitrogens with one attached hydrogen (secondary N) is 1. The predicted molar refractivity (Wildman–Crippen MR) is 78.7 cm³/mol. The van der Waals surface area contributed by atoms with Gasteiger partial charge < -0.3 is 10.4 Å². The zero-order valence-electron chi connectivity index (χ0n) is 11.6. The van der Waals surface area contributed by atoms with Crippen molar-refractivity contribution in [3.8, 4) is 0 Å². The largest absolute Gasteiger partial charge is 0.387 e. The molecule has 0 amide bonds. The average Bonchev–Trinajstić information content (AvgIpc) is 2.53. The molecule has 0 aliphatic rings. The van der Waals surface area contributed by atoms with Gasteiger partial charge in [0, 0.05) is 37.1 Å². The van der Waals surface area contributed by atoms with Gasteiger partial charge in [-0.25, -0.2) is 0 Å². The van der Waals surface area contributed by atoms with Crippen LogP contribution in [0.25, 0.3) is 0 Å². The van der Waals surface area contributed by atoms with Gasteiger partial charge in [0.15, 0.2) is 0 Å². The summed E-state index contributed by atoms with van der Waals surface area (Å²) in [6, 6.07) is 9.84. The summed E-state index contributed by atoms with van der Waals surface area (Å²) in [5, 5.41) is 23.9. The zero-order chi connectivity index (χ0) is 15.2. The Hall–Kier alpha value is -2.31. The molecule has 0 spiro atoms. The summed E-state index contributed by atoms with van der Waals surface area (Å²) in [6.45, 7) is 2.36. The molecule has 1 aromatic heterocycles. The molecule has 110 valence electrons. The smallest absolute Gasteiger partial charge is 0.269 e. The van der Waals surface area contributed by atoms with Gasteiger partial charge in [-0.3, -0.25) is 15.1 Å². The molecule has 1 unspecified atom stereocenters. The Labute approximate surface area is 122 Å². The fourth-order valence-electron chi connectivity index (χ4n) is 1.99. The number of non-ortho nitro benzene ring substituents is 1. The number of pyridine rings is 1. The van der Waals surface area contributed by atoms with Gasteiger partial charge in [0.05, 0.1) is 11.0 Å². The molecule has 2 aromatic rings. The SMILES string of the molecule is C[C@@H](NCC(O)c1ccc([N+](=O)[O-])cc1)c1ccncc1. The molecule has 1 heterocycles.